The minimum Gasteiger partial charge on any atom is -0.494 e. The van der Waals surface area contributed by atoms with Crippen molar-refractivity contribution in [1.82, 2.24) is 5.43 Å². The highest BCUT2D eigenvalue weighted by molar-refractivity contribution is 5.83. The first kappa shape index (κ1) is 25.9. The van der Waals surface area contributed by atoms with Crippen molar-refractivity contribution in [2.75, 3.05) is 20.0 Å². The van der Waals surface area contributed by atoms with E-state index in [2.05, 4.69) is 10.5 Å². The molecule has 1 N–H and O–H groups in total. The van der Waals surface area contributed by atoms with Crippen LogP contribution in [0, 0.1) is 0 Å². The van der Waals surface area contributed by atoms with Gasteiger partial charge < -0.3 is 23.7 Å². The lowest BCUT2D eigenvalue weighted by Gasteiger charge is -2.13. The molecule has 0 atom stereocenters. The number of hydrogen-bond acceptors (Lipinski definition) is 7. The van der Waals surface area contributed by atoms with Crippen LogP contribution in [0.4, 0.5) is 0 Å². The normalized spacial score (nSPS) is 11.9. The van der Waals surface area contributed by atoms with Crippen molar-refractivity contribution >= 4 is 12.1 Å². The van der Waals surface area contributed by atoms with Gasteiger partial charge in [-0.05, 0) is 85.8 Å². The van der Waals surface area contributed by atoms with E-state index in [0.29, 0.717) is 37.7 Å². The molecule has 0 aliphatic carbocycles. The van der Waals surface area contributed by atoms with Gasteiger partial charge in [0, 0.05) is 6.42 Å². The van der Waals surface area contributed by atoms with Gasteiger partial charge in [0.25, 0.3) is 0 Å². The fourth-order valence-corrected chi connectivity index (χ4v) is 3.79. The van der Waals surface area contributed by atoms with Crippen molar-refractivity contribution in [1.29, 1.82) is 0 Å². The number of hydrazone groups is 1. The molecular weight excluding hydrogens is 472 g/mol. The molecule has 8 heteroatoms. The molecular formula is C29H32N2O6. The van der Waals surface area contributed by atoms with Gasteiger partial charge in [-0.3, -0.25) is 4.79 Å². The summed E-state index contributed by atoms with van der Waals surface area (Å²) in [7, 11) is 0. The largest absolute Gasteiger partial charge is 0.494 e. The van der Waals surface area contributed by atoms with Gasteiger partial charge in [0.15, 0.2) is 23.0 Å². The second kappa shape index (κ2) is 13.2. The monoisotopic (exact) mass is 504 g/mol. The number of nitrogens with zero attached hydrogens (tertiary/aromatic N) is 1. The molecule has 0 spiro atoms. The Labute approximate surface area is 217 Å². The van der Waals surface area contributed by atoms with Crippen molar-refractivity contribution < 1.29 is 28.5 Å². The average molecular weight is 505 g/mol. The number of carbonyl (C=O) groups excluding carboxylic acids is 1. The Morgan fingerprint density at radius 2 is 1.68 bits per heavy atom. The van der Waals surface area contributed by atoms with Gasteiger partial charge in [-0.15, -0.1) is 0 Å². The SMILES string of the molecule is CCOc1ccc(CCCC(=O)N/N=C/c2ccc(OCc3ccc4c(c3)OCO4)c(OCC)c2)cc1. The van der Waals surface area contributed by atoms with Crippen LogP contribution in [0.5, 0.6) is 28.7 Å². The summed E-state index contributed by atoms with van der Waals surface area (Å²) in [6, 6.07) is 19.2. The first-order chi connectivity index (χ1) is 18.1. The predicted octanol–water partition coefficient (Wildman–Crippen LogP) is 5.26. The lowest BCUT2D eigenvalue weighted by molar-refractivity contribution is -0.121. The minimum absolute atomic E-state index is 0.129. The van der Waals surface area contributed by atoms with Crippen LogP contribution in [-0.4, -0.2) is 32.1 Å². The molecule has 0 aromatic heterocycles. The maximum atomic E-state index is 12.2. The van der Waals surface area contributed by atoms with E-state index in [1.165, 1.54) is 5.56 Å². The molecule has 0 unspecified atom stereocenters. The fraction of sp³-hybridized carbons (Fsp3) is 0.310. The van der Waals surface area contributed by atoms with Crippen molar-refractivity contribution in [3.8, 4) is 28.7 Å². The summed E-state index contributed by atoms with van der Waals surface area (Å²) in [4.78, 5) is 12.2. The lowest BCUT2D eigenvalue weighted by atomic mass is 10.1. The molecule has 8 nitrogen and oxygen atoms in total. The van der Waals surface area contributed by atoms with E-state index >= 15 is 0 Å². The highest BCUT2D eigenvalue weighted by Crippen LogP contribution is 2.34. The maximum absolute atomic E-state index is 12.2. The second-order valence-electron chi connectivity index (χ2n) is 8.34. The molecule has 0 saturated heterocycles. The summed E-state index contributed by atoms with van der Waals surface area (Å²) in [5, 5.41) is 4.09. The van der Waals surface area contributed by atoms with Crippen LogP contribution in [-0.2, 0) is 17.8 Å². The molecule has 0 radical (unpaired) electrons. The van der Waals surface area contributed by atoms with Gasteiger partial charge in [0.05, 0.1) is 19.4 Å². The number of aryl methyl sites for hydroxylation is 1. The van der Waals surface area contributed by atoms with Gasteiger partial charge in [-0.1, -0.05) is 18.2 Å². The van der Waals surface area contributed by atoms with Crippen LogP contribution in [0.1, 0.15) is 43.4 Å². The molecule has 3 aromatic rings. The number of ether oxygens (including phenoxy) is 5. The van der Waals surface area contributed by atoms with E-state index < -0.39 is 0 Å². The molecule has 0 fully saturated rings. The molecule has 194 valence electrons. The fourth-order valence-electron chi connectivity index (χ4n) is 3.79. The Morgan fingerprint density at radius 1 is 0.892 bits per heavy atom. The van der Waals surface area contributed by atoms with Crippen molar-refractivity contribution in [2.45, 2.75) is 39.7 Å². The standard InChI is InChI=1S/C29H32N2O6/c1-3-33-24-12-8-21(9-13-24)6-5-7-29(32)31-30-18-22-10-14-25(27(16-22)34-4-2)35-19-23-11-15-26-28(17-23)37-20-36-26/h8-18H,3-7,19-20H2,1-2H3,(H,31,32)/b30-18+. The van der Waals surface area contributed by atoms with E-state index in [1.54, 1.807) is 6.21 Å². The Balaban J connectivity index is 1.25. The van der Waals surface area contributed by atoms with Crippen LogP contribution in [0.3, 0.4) is 0 Å². The Bertz CT molecular complexity index is 1210. The van der Waals surface area contributed by atoms with Gasteiger partial charge in [0.1, 0.15) is 12.4 Å². The molecule has 1 aliphatic rings. The third-order valence-electron chi connectivity index (χ3n) is 5.61. The number of amides is 1. The Morgan fingerprint density at radius 3 is 2.49 bits per heavy atom. The van der Waals surface area contributed by atoms with Gasteiger partial charge in [-0.2, -0.15) is 5.10 Å². The molecule has 1 amide bonds. The van der Waals surface area contributed by atoms with Crippen LogP contribution in [0.2, 0.25) is 0 Å². The summed E-state index contributed by atoms with van der Waals surface area (Å²) < 4.78 is 28.0. The number of benzene rings is 3. The number of fused-ring (bicyclic) bond motifs is 1. The van der Waals surface area contributed by atoms with Gasteiger partial charge in [0.2, 0.25) is 12.7 Å². The smallest absolute Gasteiger partial charge is 0.240 e. The zero-order valence-electron chi connectivity index (χ0n) is 21.2. The van der Waals surface area contributed by atoms with Crippen LogP contribution < -0.4 is 29.1 Å². The predicted molar refractivity (Wildman–Crippen MR) is 141 cm³/mol. The van der Waals surface area contributed by atoms with Crippen molar-refractivity contribution in [3.05, 3.63) is 77.4 Å². The summed E-state index contributed by atoms with van der Waals surface area (Å²) in [6.45, 7) is 5.61. The summed E-state index contributed by atoms with van der Waals surface area (Å²) in [5.41, 5.74) is 5.51. The van der Waals surface area contributed by atoms with Crippen molar-refractivity contribution in [3.63, 3.8) is 0 Å². The van der Waals surface area contributed by atoms with Crippen molar-refractivity contribution in [2.24, 2.45) is 5.10 Å². The van der Waals surface area contributed by atoms with E-state index in [-0.39, 0.29) is 12.7 Å². The van der Waals surface area contributed by atoms with Crippen LogP contribution >= 0.6 is 0 Å². The summed E-state index contributed by atoms with van der Waals surface area (Å²) in [5.74, 6) is 3.41. The molecule has 0 saturated carbocycles. The zero-order chi connectivity index (χ0) is 25.9. The van der Waals surface area contributed by atoms with E-state index in [0.717, 1.165) is 41.2 Å². The Kier molecular flexibility index (Phi) is 9.23. The topological polar surface area (TPSA) is 87.6 Å². The second-order valence-corrected chi connectivity index (χ2v) is 8.34. The molecule has 4 rings (SSSR count). The minimum atomic E-state index is -0.129. The number of rotatable bonds is 13. The summed E-state index contributed by atoms with van der Waals surface area (Å²) in [6.07, 6.45) is 3.53. The molecule has 0 bridgehead atoms. The maximum Gasteiger partial charge on any atom is 0.240 e. The highest BCUT2D eigenvalue weighted by atomic mass is 16.7. The first-order valence-electron chi connectivity index (χ1n) is 12.5. The highest BCUT2D eigenvalue weighted by Gasteiger charge is 2.14. The number of hydrogen-bond donors (Lipinski definition) is 1. The van der Waals surface area contributed by atoms with E-state index in [9.17, 15) is 4.79 Å². The number of carbonyl (C=O) groups is 1. The van der Waals surface area contributed by atoms with Gasteiger partial charge in [-0.25, -0.2) is 5.43 Å². The van der Waals surface area contributed by atoms with Gasteiger partial charge >= 0.3 is 0 Å². The summed E-state index contributed by atoms with van der Waals surface area (Å²) >= 11 is 0. The van der Waals surface area contributed by atoms with E-state index in [1.807, 2.05) is 74.5 Å². The molecule has 3 aromatic carbocycles. The number of nitrogens with one attached hydrogen (secondary N) is 1. The third-order valence-corrected chi connectivity index (χ3v) is 5.61. The Hall–Kier alpha value is -4.20. The van der Waals surface area contributed by atoms with E-state index in [4.69, 9.17) is 23.7 Å². The van der Waals surface area contributed by atoms with Crippen LogP contribution in [0.25, 0.3) is 0 Å². The third kappa shape index (κ3) is 7.64. The molecule has 1 heterocycles. The quantitative estimate of drug-likeness (QED) is 0.252. The average Bonchev–Trinajstić information content (AvgIpc) is 3.38. The first-order valence-corrected chi connectivity index (χ1v) is 12.5. The lowest BCUT2D eigenvalue weighted by Crippen LogP contribution is -2.17. The van der Waals surface area contributed by atoms with Crippen LogP contribution in [0.15, 0.2) is 65.8 Å². The zero-order valence-corrected chi connectivity index (χ0v) is 21.2. The molecule has 1 aliphatic heterocycles. The molecule has 37 heavy (non-hydrogen) atoms.